The zero-order valence-corrected chi connectivity index (χ0v) is 13.6. The SMILES string of the molecule is NNc1ccccc1.Oc1cccc2c(-c3ccccc3)ccnc12. The molecule has 0 aliphatic carbocycles. The van der Waals surface area contributed by atoms with Crippen molar-refractivity contribution in [1.29, 1.82) is 0 Å². The lowest BCUT2D eigenvalue weighted by atomic mass is 10.0. The van der Waals surface area contributed by atoms with Crippen molar-refractivity contribution in [3.63, 3.8) is 0 Å². The van der Waals surface area contributed by atoms with Crippen LogP contribution >= 0.6 is 0 Å². The van der Waals surface area contributed by atoms with Gasteiger partial charge in [-0.05, 0) is 35.4 Å². The lowest BCUT2D eigenvalue weighted by Crippen LogP contribution is -2.05. The van der Waals surface area contributed by atoms with E-state index in [1.165, 1.54) is 0 Å². The second-order valence-electron chi connectivity index (χ2n) is 5.41. The van der Waals surface area contributed by atoms with E-state index in [1.807, 2.05) is 66.7 Å². The van der Waals surface area contributed by atoms with Gasteiger partial charge in [0.2, 0.25) is 0 Å². The van der Waals surface area contributed by atoms with Crippen molar-refractivity contribution >= 4 is 16.6 Å². The van der Waals surface area contributed by atoms with Crippen LogP contribution in [-0.4, -0.2) is 10.1 Å². The average molecular weight is 329 g/mol. The fourth-order valence-electron chi connectivity index (χ4n) is 2.56. The van der Waals surface area contributed by atoms with Crippen LogP contribution in [0.5, 0.6) is 5.75 Å². The first-order valence-corrected chi connectivity index (χ1v) is 7.93. The number of hydrogen-bond acceptors (Lipinski definition) is 4. The first kappa shape index (κ1) is 16.5. The minimum absolute atomic E-state index is 0.222. The summed E-state index contributed by atoms with van der Waals surface area (Å²) in [5.41, 5.74) is 6.33. The highest BCUT2D eigenvalue weighted by atomic mass is 16.3. The molecule has 0 spiro atoms. The lowest BCUT2D eigenvalue weighted by Gasteiger charge is -2.06. The second-order valence-corrected chi connectivity index (χ2v) is 5.41. The summed E-state index contributed by atoms with van der Waals surface area (Å²) in [5.74, 6) is 5.32. The number of aromatic nitrogens is 1. The molecule has 1 heterocycles. The van der Waals surface area contributed by atoms with Gasteiger partial charge in [0, 0.05) is 17.3 Å². The summed E-state index contributed by atoms with van der Waals surface area (Å²) in [6, 6.07) is 27.2. The number of nitrogen functional groups attached to an aromatic ring is 1. The Hall–Kier alpha value is -3.37. The highest BCUT2D eigenvalue weighted by Gasteiger charge is 2.06. The van der Waals surface area contributed by atoms with Gasteiger partial charge in [0.15, 0.2) is 0 Å². The smallest absolute Gasteiger partial charge is 0.141 e. The molecule has 1 aromatic heterocycles. The lowest BCUT2D eigenvalue weighted by molar-refractivity contribution is 0.480. The molecule has 0 atom stereocenters. The molecular formula is C21H19N3O. The number of aromatic hydroxyl groups is 1. The van der Waals surface area contributed by atoms with Gasteiger partial charge in [0.05, 0.1) is 0 Å². The molecule has 0 saturated heterocycles. The van der Waals surface area contributed by atoms with Crippen LogP contribution < -0.4 is 11.3 Å². The van der Waals surface area contributed by atoms with E-state index < -0.39 is 0 Å². The molecule has 4 aromatic rings. The largest absolute Gasteiger partial charge is 0.506 e. The Morgan fingerprint density at radius 3 is 2.08 bits per heavy atom. The number of hydrogen-bond donors (Lipinski definition) is 3. The molecule has 0 aliphatic rings. The van der Waals surface area contributed by atoms with Crippen LogP contribution in [0.25, 0.3) is 22.0 Å². The predicted molar refractivity (Wildman–Crippen MR) is 103 cm³/mol. The van der Waals surface area contributed by atoms with Crippen molar-refractivity contribution in [3.8, 4) is 16.9 Å². The topological polar surface area (TPSA) is 71.2 Å². The van der Waals surface area contributed by atoms with Crippen LogP contribution in [0.2, 0.25) is 0 Å². The fraction of sp³-hybridized carbons (Fsp3) is 0. The Kier molecular flexibility index (Phi) is 5.24. The predicted octanol–water partition coefficient (Wildman–Crippen LogP) is 4.58. The molecular weight excluding hydrogens is 310 g/mol. The summed E-state index contributed by atoms with van der Waals surface area (Å²) in [6.07, 6.45) is 1.73. The Morgan fingerprint density at radius 2 is 1.44 bits per heavy atom. The monoisotopic (exact) mass is 329 g/mol. The number of hydrazine groups is 1. The molecule has 0 fully saturated rings. The van der Waals surface area contributed by atoms with Gasteiger partial charge in [0.25, 0.3) is 0 Å². The van der Waals surface area contributed by atoms with E-state index in [2.05, 4.69) is 22.5 Å². The summed E-state index contributed by atoms with van der Waals surface area (Å²) in [7, 11) is 0. The van der Waals surface area contributed by atoms with Crippen LogP contribution in [0.3, 0.4) is 0 Å². The van der Waals surface area contributed by atoms with Gasteiger partial charge in [-0.1, -0.05) is 60.7 Å². The van der Waals surface area contributed by atoms with Crippen molar-refractivity contribution in [2.45, 2.75) is 0 Å². The highest BCUT2D eigenvalue weighted by molar-refractivity contribution is 5.96. The number of nitrogens with zero attached hydrogens (tertiary/aromatic N) is 1. The van der Waals surface area contributed by atoms with Gasteiger partial charge >= 0.3 is 0 Å². The van der Waals surface area contributed by atoms with Crippen molar-refractivity contribution in [2.24, 2.45) is 5.84 Å². The zero-order chi connectivity index (χ0) is 17.5. The van der Waals surface area contributed by atoms with Gasteiger partial charge < -0.3 is 10.5 Å². The molecule has 4 N–H and O–H groups in total. The number of nitrogens with one attached hydrogen (secondary N) is 1. The zero-order valence-electron chi connectivity index (χ0n) is 13.6. The molecule has 4 nitrogen and oxygen atoms in total. The van der Waals surface area contributed by atoms with Crippen LogP contribution in [0.4, 0.5) is 5.69 Å². The van der Waals surface area contributed by atoms with E-state index in [4.69, 9.17) is 5.84 Å². The Labute approximate surface area is 146 Å². The Morgan fingerprint density at radius 1 is 0.760 bits per heavy atom. The third-order valence-corrected chi connectivity index (χ3v) is 3.77. The summed E-state index contributed by atoms with van der Waals surface area (Å²) < 4.78 is 0. The highest BCUT2D eigenvalue weighted by Crippen LogP contribution is 2.30. The number of phenolic OH excluding ortho intramolecular Hbond substituents is 1. The minimum atomic E-state index is 0.222. The molecule has 0 unspecified atom stereocenters. The molecule has 25 heavy (non-hydrogen) atoms. The normalized spacial score (nSPS) is 9.96. The number of phenols is 1. The number of para-hydroxylation sites is 2. The van der Waals surface area contributed by atoms with E-state index >= 15 is 0 Å². The number of rotatable bonds is 2. The van der Waals surface area contributed by atoms with Gasteiger partial charge in [-0.15, -0.1) is 0 Å². The number of benzene rings is 3. The number of anilines is 1. The summed E-state index contributed by atoms with van der Waals surface area (Å²) in [6.45, 7) is 0. The third kappa shape index (κ3) is 3.94. The van der Waals surface area contributed by atoms with Crippen LogP contribution in [-0.2, 0) is 0 Å². The Bertz CT molecular complexity index is 941. The molecule has 0 aliphatic heterocycles. The minimum Gasteiger partial charge on any atom is -0.506 e. The van der Waals surface area contributed by atoms with Gasteiger partial charge in [-0.2, -0.15) is 0 Å². The molecule has 3 aromatic carbocycles. The van der Waals surface area contributed by atoms with E-state index in [-0.39, 0.29) is 5.75 Å². The van der Waals surface area contributed by atoms with E-state index in [0.29, 0.717) is 5.52 Å². The Balaban J connectivity index is 0.000000192. The second kappa shape index (κ2) is 7.95. The van der Waals surface area contributed by atoms with Crippen molar-refractivity contribution in [2.75, 3.05) is 5.43 Å². The summed E-state index contributed by atoms with van der Waals surface area (Å²) in [5, 5.41) is 10.8. The van der Waals surface area contributed by atoms with Crippen molar-refractivity contribution in [3.05, 3.63) is 91.1 Å². The van der Waals surface area contributed by atoms with Crippen molar-refractivity contribution < 1.29 is 5.11 Å². The third-order valence-electron chi connectivity index (χ3n) is 3.77. The maximum atomic E-state index is 9.78. The van der Waals surface area contributed by atoms with Crippen LogP contribution in [0.1, 0.15) is 0 Å². The maximum Gasteiger partial charge on any atom is 0.141 e. The fourth-order valence-corrected chi connectivity index (χ4v) is 2.56. The summed E-state index contributed by atoms with van der Waals surface area (Å²) >= 11 is 0. The van der Waals surface area contributed by atoms with Crippen molar-refractivity contribution in [1.82, 2.24) is 4.98 Å². The first-order valence-electron chi connectivity index (χ1n) is 7.93. The van der Waals surface area contributed by atoms with Crippen LogP contribution in [0.15, 0.2) is 91.1 Å². The first-order chi connectivity index (χ1) is 12.3. The molecule has 0 radical (unpaired) electrons. The van der Waals surface area contributed by atoms with Gasteiger partial charge in [-0.3, -0.25) is 10.8 Å². The van der Waals surface area contributed by atoms with Crippen LogP contribution in [0, 0.1) is 0 Å². The standard InChI is InChI=1S/C15H11NO.C6H8N2/c17-14-8-4-7-13-12(9-10-16-15(13)14)11-5-2-1-3-6-11;7-8-6-4-2-1-3-5-6/h1-10,17H;1-5,8H,7H2. The van der Waals surface area contributed by atoms with Gasteiger partial charge in [-0.25, -0.2) is 0 Å². The van der Waals surface area contributed by atoms with Gasteiger partial charge in [0.1, 0.15) is 11.3 Å². The molecule has 0 bridgehead atoms. The maximum absolute atomic E-state index is 9.78. The molecule has 0 amide bonds. The number of fused-ring (bicyclic) bond motifs is 1. The average Bonchev–Trinajstić information content (AvgIpc) is 2.70. The number of nitrogens with two attached hydrogens (primary N) is 1. The van der Waals surface area contributed by atoms with E-state index in [0.717, 1.165) is 22.2 Å². The molecule has 4 rings (SSSR count). The molecule has 4 heteroatoms. The molecule has 0 saturated carbocycles. The molecule has 124 valence electrons. The number of pyridine rings is 1. The van der Waals surface area contributed by atoms with E-state index in [1.54, 1.807) is 12.3 Å². The summed E-state index contributed by atoms with van der Waals surface area (Å²) in [4.78, 5) is 4.22. The quantitative estimate of drug-likeness (QED) is 0.372. The van der Waals surface area contributed by atoms with E-state index in [9.17, 15) is 5.11 Å².